The number of carbonyl (C=O) groups excluding carboxylic acids is 5. The molecule has 0 aromatic heterocycles. The van der Waals surface area contributed by atoms with E-state index in [4.69, 9.17) is 5.73 Å². The van der Waals surface area contributed by atoms with Crippen LogP contribution in [0.15, 0.2) is 0 Å². The summed E-state index contributed by atoms with van der Waals surface area (Å²) in [6, 6.07) is -3.34. The quantitative estimate of drug-likeness (QED) is 0.184. The van der Waals surface area contributed by atoms with Gasteiger partial charge in [-0.3, -0.25) is 24.0 Å². The number of amides is 5. The van der Waals surface area contributed by atoms with Gasteiger partial charge in [-0.05, 0) is 49.9 Å². The molecule has 2 fully saturated rings. The van der Waals surface area contributed by atoms with Crippen LogP contribution in [0.2, 0.25) is 0 Å². The van der Waals surface area contributed by atoms with Crippen LogP contribution in [0.1, 0.15) is 87.0 Å². The first kappa shape index (κ1) is 35.5. The average molecular weight is 595 g/mol. The van der Waals surface area contributed by atoms with Crippen molar-refractivity contribution in [3.8, 4) is 0 Å². The van der Waals surface area contributed by atoms with Crippen molar-refractivity contribution in [2.45, 2.75) is 123 Å². The Balaban J connectivity index is 2.12. The standard InChI is InChI=1S/C30H54N6O6/c1-8-19(6)26(29(41)34-25(18(4)5)30(42)36-14-9-11-22(36)27(31)39)32-16-24(38)21(15-17(2)3)33-28(40)23-12-10-13-35(23)20(7)37/h17-19,21-26,32,38H,8-16H2,1-7H3,(H2,31,39)(H,33,40)(H,34,41)/t19-,21+,22+,23+,24-,25+,26+/m0/s1. The number of primary amides is 1. The number of rotatable bonds is 15. The highest BCUT2D eigenvalue weighted by atomic mass is 16.3. The molecule has 0 bridgehead atoms. The summed E-state index contributed by atoms with van der Waals surface area (Å²) in [4.78, 5) is 67.0. The zero-order valence-electron chi connectivity index (χ0n) is 26.5. The van der Waals surface area contributed by atoms with Crippen molar-refractivity contribution in [3.05, 3.63) is 0 Å². The fourth-order valence-corrected chi connectivity index (χ4v) is 5.95. The molecule has 7 atom stereocenters. The molecule has 0 unspecified atom stereocenters. The number of nitrogens with one attached hydrogen (secondary N) is 3. The number of hydrogen-bond donors (Lipinski definition) is 5. The highest BCUT2D eigenvalue weighted by Gasteiger charge is 2.39. The maximum Gasteiger partial charge on any atom is 0.246 e. The van der Waals surface area contributed by atoms with Crippen molar-refractivity contribution >= 4 is 29.5 Å². The molecule has 0 aromatic carbocycles. The van der Waals surface area contributed by atoms with Crippen molar-refractivity contribution in [1.29, 1.82) is 0 Å². The lowest BCUT2D eigenvalue weighted by molar-refractivity contribution is -0.142. The van der Waals surface area contributed by atoms with Gasteiger partial charge in [0.1, 0.15) is 18.1 Å². The van der Waals surface area contributed by atoms with Gasteiger partial charge in [0.25, 0.3) is 0 Å². The van der Waals surface area contributed by atoms with Gasteiger partial charge in [0.15, 0.2) is 0 Å². The van der Waals surface area contributed by atoms with Crippen LogP contribution in [0.4, 0.5) is 0 Å². The molecule has 0 spiro atoms. The van der Waals surface area contributed by atoms with Gasteiger partial charge in [0.05, 0.1) is 18.2 Å². The maximum atomic E-state index is 13.6. The summed E-state index contributed by atoms with van der Waals surface area (Å²) < 4.78 is 0. The third kappa shape index (κ3) is 9.39. The first-order valence-corrected chi connectivity index (χ1v) is 15.6. The molecule has 5 amide bonds. The predicted octanol–water partition coefficient (Wildman–Crippen LogP) is 0.511. The summed E-state index contributed by atoms with van der Waals surface area (Å²) in [6.45, 7) is 14.0. The SMILES string of the molecule is CC[C@H](C)[C@@H](NC[C@H](O)[C@@H](CC(C)C)NC(=O)[C@H]1CCCN1C(C)=O)C(=O)N[C@@H](C(=O)N1CCC[C@@H]1C(N)=O)C(C)C. The van der Waals surface area contributed by atoms with Crippen LogP contribution < -0.4 is 21.7 Å². The lowest BCUT2D eigenvalue weighted by Gasteiger charge is -2.33. The molecule has 2 rings (SSSR count). The van der Waals surface area contributed by atoms with Gasteiger partial charge >= 0.3 is 0 Å². The third-order valence-corrected chi connectivity index (χ3v) is 8.61. The fraction of sp³-hybridized carbons (Fsp3) is 0.833. The first-order chi connectivity index (χ1) is 19.7. The molecule has 2 saturated heterocycles. The molecule has 0 saturated carbocycles. The summed E-state index contributed by atoms with van der Waals surface area (Å²) in [6.07, 6.45) is 2.71. The van der Waals surface area contributed by atoms with Crippen molar-refractivity contribution in [3.63, 3.8) is 0 Å². The predicted molar refractivity (Wildman–Crippen MR) is 160 cm³/mol. The number of likely N-dealkylation sites (tertiary alicyclic amines) is 2. The monoisotopic (exact) mass is 594 g/mol. The maximum absolute atomic E-state index is 13.6. The molecular weight excluding hydrogens is 540 g/mol. The number of hydrogen-bond acceptors (Lipinski definition) is 7. The minimum Gasteiger partial charge on any atom is -0.390 e. The lowest BCUT2D eigenvalue weighted by atomic mass is 9.95. The minimum absolute atomic E-state index is 0.0390. The molecule has 0 radical (unpaired) electrons. The molecule has 0 aromatic rings. The highest BCUT2D eigenvalue weighted by Crippen LogP contribution is 2.21. The smallest absolute Gasteiger partial charge is 0.246 e. The Bertz CT molecular complexity index is 959. The summed E-state index contributed by atoms with van der Waals surface area (Å²) in [7, 11) is 0. The van der Waals surface area contributed by atoms with Gasteiger partial charge in [0, 0.05) is 26.6 Å². The van der Waals surface area contributed by atoms with Crippen LogP contribution in [0.5, 0.6) is 0 Å². The normalized spacial score (nSPS) is 22.5. The van der Waals surface area contributed by atoms with Gasteiger partial charge in [-0.15, -0.1) is 0 Å². The van der Waals surface area contributed by atoms with E-state index in [1.165, 1.54) is 11.8 Å². The highest BCUT2D eigenvalue weighted by molar-refractivity contribution is 5.93. The van der Waals surface area contributed by atoms with Crippen LogP contribution in [0.3, 0.4) is 0 Å². The van der Waals surface area contributed by atoms with E-state index in [-0.39, 0.29) is 47.9 Å². The third-order valence-electron chi connectivity index (χ3n) is 8.61. The number of carbonyl (C=O) groups is 5. The zero-order chi connectivity index (χ0) is 31.7. The molecule has 2 aliphatic heterocycles. The molecule has 12 nitrogen and oxygen atoms in total. The molecular formula is C30H54N6O6. The number of aliphatic hydroxyl groups excluding tert-OH is 1. The molecule has 240 valence electrons. The second kappa shape index (κ2) is 16.2. The van der Waals surface area contributed by atoms with E-state index in [0.29, 0.717) is 45.2 Å². The Morgan fingerprint density at radius 3 is 2.02 bits per heavy atom. The molecule has 42 heavy (non-hydrogen) atoms. The van der Waals surface area contributed by atoms with Crippen LogP contribution in [0, 0.1) is 17.8 Å². The Kier molecular flexibility index (Phi) is 13.7. The zero-order valence-corrected chi connectivity index (χ0v) is 26.5. The average Bonchev–Trinajstić information content (AvgIpc) is 3.61. The molecule has 0 aliphatic carbocycles. The Morgan fingerprint density at radius 1 is 0.905 bits per heavy atom. The van der Waals surface area contributed by atoms with E-state index >= 15 is 0 Å². The number of aliphatic hydroxyl groups is 1. The number of nitrogens with two attached hydrogens (primary N) is 1. The van der Waals surface area contributed by atoms with Gasteiger partial charge in [0.2, 0.25) is 29.5 Å². The van der Waals surface area contributed by atoms with Crippen molar-refractivity contribution in [2.24, 2.45) is 23.5 Å². The fourth-order valence-electron chi connectivity index (χ4n) is 5.95. The van der Waals surface area contributed by atoms with Gasteiger partial charge in [-0.1, -0.05) is 48.0 Å². The second-order valence-electron chi connectivity index (χ2n) is 12.8. The topological polar surface area (TPSA) is 174 Å². The van der Waals surface area contributed by atoms with E-state index in [9.17, 15) is 29.1 Å². The van der Waals surface area contributed by atoms with Gasteiger partial charge in [-0.2, -0.15) is 0 Å². The molecule has 6 N–H and O–H groups in total. The van der Waals surface area contributed by atoms with E-state index in [1.807, 2.05) is 41.5 Å². The van der Waals surface area contributed by atoms with E-state index < -0.39 is 42.2 Å². The van der Waals surface area contributed by atoms with E-state index in [1.54, 1.807) is 4.90 Å². The van der Waals surface area contributed by atoms with E-state index in [2.05, 4.69) is 16.0 Å². The van der Waals surface area contributed by atoms with Crippen molar-refractivity contribution in [1.82, 2.24) is 25.8 Å². The summed E-state index contributed by atoms with van der Waals surface area (Å²) >= 11 is 0. The van der Waals surface area contributed by atoms with Crippen LogP contribution in [-0.2, 0) is 24.0 Å². The summed E-state index contributed by atoms with van der Waals surface area (Å²) in [5.74, 6) is -1.84. The molecule has 2 heterocycles. The lowest BCUT2D eigenvalue weighted by Crippen LogP contribution is -2.59. The Labute approximate surface area is 250 Å². The van der Waals surface area contributed by atoms with Gasteiger partial charge < -0.3 is 36.6 Å². The van der Waals surface area contributed by atoms with Crippen LogP contribution >= 0.6 is 0 Å². The second-order valence-corrected chi connectivity index (χ2v) is 12.8. The first-order valence-electron chi connectivity index (χ1n) is 15.6. The van der Waals surface area contributed by atoms with Gasteiger partial charge in [-0.25, -0.2) is 0 Å². The Morgan fingerprint density at radius 2 is 1.50 bits per heavy atom. The van der Waals surface area contributed by atoms with E-state index in [0.717, 1.165) is 6.42 Å². The number of nitrogens with zero attached hydrogens (tertiary/aromatic N) is 2. The minimum atomic E-state index is -0.994. The Hall–Kier alpha value is -2.73. The molecule has 2 aliphatic rings. The molecule has 12 heteroatoms. The van der Waals surface area contributed by atoms with Crippen LogP contribution in [0.25, 0.3) is 0 Å². The summed E-state index contributed by atoms with van der Waals surface area (Å²) in [5, 5.41) is 20.3. The van der Waals surface area contributed by atoms with Crippen molar-refractivity contribution < 1.29 is 29.1 Å². The summed E-state index contributed by atoms with van der Waals surface area (Å²) in [5.41, 5.74) is 5.52. The van der Waals surface area contributed by atoms with Crippen LogP contribution in [-0.4, -0.2) is 100 Å². The van der Waals surface area contributed by atoms with Crippen molar-refractivity contribution in [2.75, 3.05) is 19.6 Å². The largest absolute Gasteiger partial charge is 0.390 e.